The third kappa shape index (κ3) is 5.95. The first-order valence-corrected chi connectivity index (χ1v) is 12.7. The molecule has 8 heteroatoms. The highest BCUT2D eigenvalue weighted by Crippen LogP contribution is 2.30. The quantitative estimate of drug-likeness (QED) is 0.464. The number of carbonyl (C=O) groups is 1. The van der Waals surface area contributed by atoms with Crippen LogP contribution in [0.4, 0.5) is 5.69 Å². The Morgan fingerprint density at radius 3 is 2.20 bits per heavy atom. The van der Waals surface area contributed by atoms with E-state index in [2.05, 4.69) is 5.32 Å². The van der Waals surface area contributed by atoms with Gasteiger partial charge in [0, 0.05) is 5.56 Å². The number of rotatable bonds is 9. The van der Waals surface area contributed by atoms with E-state index in [-0.39, 0.29) is 11.4 Å². The number of hydrogen-bond acceptors (Lipinski definition) is 5. The summed E-state index contributed by atoms with van der Waals surface area (Å²) in [5, 5.41) is 2.90. The van der Waals surface area contributed by atoms with Gasteiger partial charge >= 0.3 is 0 Å². The molecule has 1 atom stereocenters. The molecule has 0 fully saturated rings. The van der Waals surface area contributed by atoms with Gasteiger partial charge in [0.15, 0.2) is 0 Å². The maximum absolute atomic E-state index is 13.6. The van der Waals surface area contributed by atoms with E-state index in [0.29, 0.717) is 17.2 Å². The average molecular weight is 497 g/mol. The van der Waals surface area contributed by atoms with Crippen LogP contribution in [0.1, 0.15) is 35.2 Å². The molecule has 0 radical (unpaired) electrons. The summed E-state index contributed by atoms with van der Waals surface area (Å²) in [6, 6.07) is 16.8. The van der Waals surface area contributed by atoms with Gasteiger partial charge in [-0.05, 0) is 81.3 Å². The monoisotopic (exact) mass is 496 g/mol. The van der Waals surface area contributed by atoms with Gasteiger partial charge in [0.25, 0.3) is 10.0 Å². The Bertz CT molecular complexity index is 1300. The first-order valence-electron chi connectivity index (χ1n) is 11.2. The van der Waals surface area contributed by atoms with Gasteiger partial charge < -0.3 is 14.8 Å². The molecule has 0 heterocycles. The van der Waals surface area contributed by atoms with Crippen LogP contribution in [0.5, 0.6) is 11.5 Å². The van der Waals surface area contributed by atoms with Crippen LogP contribution < -0.4 is 19.1 Å². The van der Waals surface area contributed by atoms with E-state index in [1.165, 1.54) is 0 Å². The summed E-state index contributed by atoms with van der Waals surface area (Å²) in [6.45, 7) is 7.18. The molecule has 0 saturated heterocycles. The maximum atomic E-state index is 13.6. The number of carbonyl (C=O) groups excluding carboxylic acids is 1. The zero-order valence-electron chi connectivity index (χ0n) is 21.0. The lowest BCUT2D eigenvalue weighted by molar-refractivity contribution is -0.120. The molecule has 35 heavy (non-hydrogen) atoms. The molecule has 3 aromatic rings. The van der Waals surface area contributed by atoms with E-state index in [1.807, 2.05) is 33.8 Å². The van der Waals surface area contributed by atoms with Crippen molar-refractivity contribution in [1.29, 1.82) is 0 Å². The highest BCUT2D eigenvalue weighted by atomic mass is 32.2. The van der Waals surface area contributed by atoms with Crippen molar-refractivity contribution in [2.45, 2.75) is 38.6 Å². The van der Waals surface area contributed by atoms with Crippen LogP contribution in [0.25, 0.3) is 0 Å². The highest BCUT2D eigenvalue weighted by Gasteiger charge is 2.28. The van der Waals surface area contributed by atoms with Crippen LogP contribution in [0, 0.1) is 20.8 Å². The van der Waals surface area contributed by atoms with Crippen molar-refractivity contribution in [2.75, 3.05) is 25.1 Å². The summed E-state index contributed by atoms with van der Waals surface area (Å²) in [4.78, 5) is 13.3. The van der Waals surface area contributed by atoms with Crippen molar-refractivity contribution in [3.8, 4) is 11.5 Å². The number of nitrogens with zero attached hydrogens (tertiary/aromatic N) is 1. The molecule has 0 aliphatic heterocycles. The number of sulfonamides is 1. The van der Waals surface area contributed by atoms with Gasteiger partial charge in [0.2, 0.25) is 5.91 Å². The van der Waals surface area contributed by atoms with E-state index in [4.69, 9.17) is 9.47 Å². The minimum atomic E-state index is -3.99. The highest BCUT2D eigenvalue weighted by molar-refractivity contribution is 7.92. The van der Waals surface area contributed by atoms with Gasteiger partial charge in [-0.1, -0.05) is 23.8 Å². The molecule has 3 aromatic carbocycles. The van der Waals surface area contributed by atoms with Crippen molar-refractivity contribution < 1.29 is 22.7 Å². The van der Waals surface area contributed by atoms with Crippen molar-refractivity contribution in [3.63, 3.8) is 0 Å². The van der Waals surface area contributed by atoms with Gasteiger partial charge in [-0.3, -0.25) is 9.10 Å². The van der Waals surface area contributed by atoms with Crippen molar-refractivity contribution in [2.24, 2.45) is 0 Å². The van der Waals surface area contributed by atoms with Crippen LogP contribution in [0.3, 0.4) is 0 Å². The maximum Gasteiger partial charge on any atom is 0.264 e. The Balaban J connectivity index is 1.94. The number of hydrogen-bond donors (Lipinski definition) is 1. The second kappa shape index (κ2) is 10.8. The third-order valence-electron chi connectivity index (χ3n) is 5.96. The van der Waals surface area contributed by atoms with Gasteiger partial charge in [0.1, 0.15) is 18.0 Å². The molecule has 0 unspecified atom stereocenters. The number of benzene rings is 3. The number of aryl methyl sites for hydroxylation is 3. The standard InChI is InChI=1S/C27H32N2O5S/c1-18-7-12-24(13-8-18)35(31,32)29(22-10-9-19(2)20(3)15-22)17-27(30)28-21(4)25-16-23(33-5)11-14-26(25)34-6/h7-16,21H,17H2,1-6H3,(H,28,30)/t21-/m1/s1. The lowest BCUT2D eigenvalue weighted by atomic mass is 10.1. The number of methoxy groups -OCH3 is 2. The van der Waals surface area contributed by atoms with Crippen LogP contribution >= 0.6 is 0 Å². The zero-order chi connectivity index (χ0) is 25.8. The Kier molecular flexibility index (Phi) is 8.07. The fourth-order valence-corrected chi connectivity index (χ4v) is 5.12. The van der Waals surface area contributed by atoms with Gasteiger partial charge in [-0.25, -0.2) is 8.42 Å². The lowest BCUT2D eigenvalue weighted by Crippen LogP contribution is -2.41. The average Bonchev–Trinajstić information content (AvgIpc) is 2.84. The molecular weight excluding hydrogens is 464 g/mol. The SMILES string of the molecule is COc1ccc(OC)c([C@@H](C)NC(=O)CN(c2ccc(C)c(C)c2)S(=O)(=O)c2ccc(C)cc2)c1. The Labute approximate surface area is 207 Å². The van der Waals surface area contributed by atoms with E-state index < -0.39 is 22.0 Å². The van der Waals surface area contributed by atoms with Gasteiger partial charge in [0.05, 0.1) is 30.8 Å². The predicted molar refractivity (Wildman–Crippen MR) is 138 cm³/mol. The lowest BCUT2D eigenvalue weighted by Gasteiger charge is -2.26. The van der Waals surface area contributed by atoms with E-state index in [9.17, 15) is 13.2 Å². The summed E-state index contributed by atoms with van der Waals surface area (Å²) in [5.41, 5.74) is 4.06. The predicted octanol–water partition coefficient (Wildman–Crippen LogP) is 4.70. The minimum absolute atomic E-state index is 0.122. The fraction of sp³-hybridized carbons (Fsp3) is 0.296. The molecule has 0 aliphatic rings. The fourth-order valence-electron chi connectivity index (χ4n) is 3.71. The summed E-state index contributed by atoms with van der Waals surface area (Å²) in [6.07, 6.45) is 0. The number of nitrogens with one attached hydrogen (secondary N) is 1. The van der Waals surface area contributed by atoms with Crippen LogP contribution in [-0.4, -0.2) is 35.1 Å². The minimum Gasteiger partial charge on any atom is -0.497 e. The largest absolute Gasteiger partial charge is 0.497 e. The number of ether oxygens (including phenoxy) is 2. The Morgan fingerprint density at radius 1 is 0.914 bits per heavy atom. The molecule has 0 bridgehead atoms. The normalized spacial score (nSPS) is 12.1. The van der Waals surface area contributed by atoms with Crippen molar-refractivity contribution in [3.05, 3.63) is 82.9 Å². The van der Waals surface area contributed by atoms with Crippen molar-refractivity contribution >= 4 is 21.6 Å². The molecule has 7 nitrogen and oxygen atoms in total. The van der Waals surface area contributed by atoms with Crippen LogP contribution in [0.15, 0.2) is 65.6 Å². The molecule has 1 amide bonds. The van der Waals surface area contributed by atoms with E-state index in [0.717, 1.165) is 26.6 Å². The number of anilines is 1. The Hall–Kier alpha value is -3.52. The molecule has 0 aliphatic carbocycles. The summed E-state index contributed by atoms with van der Waals surface area (Å²) in [5.74, 6) is 0.772. The first-order chi connectivity index (χ1) is 16.6. The topological polar surface area (TPSA) is 84.9 Å². The molecular formula is C27H32N2O5S. The summed E-state index contributed by atoms with van der Waals surface area (Å²) < 4.78 is 39.1. The summed E-state index contributed by atoms with van der Waals surface area (Å²) in [7, 11) is -0.879. The van der Waals surface area contributed by atoms with Crippen molar-refractivity contribution in [1.82, 2.24) is 5.32 Å². The molecule has 0 aromatic heterocycles. The first kappa shape index (κ1) is 26.1. The smallest absolute Gasteiger partial charge is 0.264 e. The zero-order valence-corrected chi connectivity index (χ0v) is 21.8. The van der Waals surface area contributed by atoms with Gasteiger partial charge in [-0.2, -0.15) is 0 Å². The van der Waals surface area contributed by atoms with E-state index >= 15 is 0 Å². The second-order valence-electron chi connectivity index (χ2n) is 8.49. The van der Waals surface area contributed by atoms with Gasteiger partial charge in [-0.15, -0.1) is 0 Å². The second-order valence-corrected chi connectivity index (χ2v) is 10.4. The number of amides is 1. The molecule has 0 saturated carbocycles. The summed E-state index contributed by atoms with van der Waals surface area (Å²) >= 11 is 0. The van der Waals surface area contributed by atoms with Crippen LogP contribution in [-0.2, 0) is 14.8 Å². The molecule has 1 N–H and O–H groups in total. The molecule has 186 valence electrons. The van der Waals surface area contributed by atoms with Crippen LogP contribution in [0.2, 0.25) is 0 Å². The third-order valence-corrected chi connectivity index (χ3v) is 7.74. The molecule has 0 spiro atoms. The Morgan fingerprint density at radius 2 is 1.60 bits per heavy atom. The molecule has 3 rings (SSSR count). The van der Waals surface area contributed by atoms with E-state index in [1.54, 1.807) is 68.8 Å².